The smallest absolute Gasteiger partial charge is 0.371 e. The van der Waals surface area contributed by atoms with Crippen molar-refractivity contribution in [1.82, 2.24) is 5.32 Å². The molecule has 1 heterocycles. The molecule has 2 N–H and O–H groups in total. The van der Waals surface area contributed by atoms with Gasteiger partial charge in [0, 0.05) is 11.1 Å². The Morgan fingerprint density at radius 1 is 1.25 bits per heavy atom. The Kier molecular flexibility index (Phi) is 4.47. The van der Waals surface area contributed by atoms with E-state index in [4.69, 9.17) is 21.1 Å². The number of rotatable bonds is 5. The molecule has 4 nitrogen and oxygen atoms in total. The van der Waals surface area contributed by atoms with E-state index in [1.807, 2.05) is 38.1 Å². The Balaban J connectivity index is 2.06. The summed E-state index contributed by atoms with van der Waals surface area (Å²) in [7, 11) is 0. The molecule has 0 saturated heterocycles. The second-order valence-electron chi connectivity index (χ2n) is 4.67. The van der Waals surface area contributed by atoms with E-state index < -0.39 is 5.97 Å². The van der Waals surface area contributed by atoms with Crippen molar-refractivity contribution in [2.24, 2.45) is 0 Å². The van der Waals surface area contributed by atoms with E-state index in [2.05, 4.69) is 5.32 Å². The summed E-state index contributed by atoms with van der Waals surface area (Å²) in [5.74, 6) is -0.522. The summed E-state index contributed by atoms with van der Waals surface area (Å²) in [6, 6.07) is 10.7. The van der Waals surface area contributed by atoms with Crippen LogP contribution in [0.5, 0.6) is 0 Å². The molecule has 2 aromatic rings. The van der Waals surface area contributed by atoms with Crippen LogP contribution < -0.4 is 5.32 Å². The highest BCUT2D eigenvalue weighted by Crippen LogP contribution is 2.22. The van der Waals surface area contributed by atoms with Crippen molar-refractivity contribution < 1.29 is 14.3 Å². The summed E-state index contributed by atoms with van der Waals surface area (Å²) in [4.78, 5) is 10.8. The van der Waals surface area contributed by atoms with Gasteiger partial charge in [-0.05, 0) is 43.7 Å². The van der Waals surface area contributed by atoms with E-state index in [1.165, 1.54) is 6.07 Å². The van der Waals surface area contributed by atoms with E-state index in [0.717, 1.165) is 5.56 Å². The molecular formula is C15H16ClNO3. The second kappa shape index (κ2) is 6.11. The summed E-state index contributed by atoms with van der Waals surface area (Å²) in [5, 5.41) is 12.9. The number of benzene rings is 1. The molecule has 0 bridgehead atoms. The Hall–Kier alpha value is -1.78. The molecule has 2 atom stereocenters. The van der Waals surface area contributed by atoms with Gasteiger partial charge in [-0.15, -0.1) is 0 Å². The summed E-state index contributed by atoms with van der Waals surface area (Å²) >= 11 is 5.97. The van der Waals surface area contributed by atoms with Crippen molar-refractivity contribution in [2.75, 3.05) is 0 Å². The van der Waals surface area contributed by atoms with Crippen LogP contribution in [0.15, 0.2) is 40.8 Å². The highest BCUT2D eigenvalue weighted by atomic mass is 35.5. The maximum absolute atomic E-state index is 10.8. The molecule has 0 radical (unpaired) electrons. The van der Waals surface area contributed by atoms with Gasteiger partial charge in [0.05, 0.1) is 6.04 Å². The first kappa shape index (κ1) is 14.6. The lowest BCUT2D eigenvalue weighted by Gasteiger charge is -2.19. The number of nitrogens with one attached hydrogen (secondary N) is 1. The highest BCUT2D eigenvalue weighted by Gasteiger charge is 2.16. The van der Waals surface area contributed by atoms with Crippen LogP contribution in [-0.2, 0) is 0 Å². The molecule has 0 aliphatic carbocycles. The van der Waals surface area contributed by atoms with Gasteiger partial charge >= 0.3 is 5.97 Å². The van der Waals surface area contributed by atoms with Gasteiger partial charge in [-0.2, -0.15) is 0 Å². The molecule has 1 aromatic heterocycles. The SMILES string of the molecule is CC(N[C@@H](C)c1cccc(Cl)c1)c1ccc(C(=O)O)o1. The number of hydrogen-bond acceptors (Lipinski definition) is 3. The summed E-state index contributed by atoms with van der Waals surface area (Å²) in [6.07, 6.45) is 0. The largest absolute Gasteiger partial charge is 0.475 e. The first-order valence-electron chi connectivity index (χ1n) is 6.32. The minimum absolute atomic E-state index is 0.0518. The fourth-order valence-electron chi connectivity index (χ4n) is 2.03. The summed E-state index contributed by atoms with van der Waals surface area (Å²) < 4.78 is 5.28. The quantitative estimate of drug-likeness (QED) is 0.873. The number of halogens is 1. The molecule has 0 spiro atoms. The van der Waals surface area contributed by atoms with Gasteiger partial charge in [0.25, 0.3) is 0 Å². The van der Waals surface area contributed by atoms with Crippen LogP contribution >= 0.6 is 11.6 Å². The molecule has 1 aromatic carbocycles. The van der Waals surface area contributed by atoms with Gasteiger partial charge in [-0.3, -0.25) is 0 Å². The minimum Gasteiger partial charge on any atom is -0.475 e. The fourth-order valence-corrected chi connectivity index (χ4v) is 2.23. The Bertz CT molecular complexity index is 609. The molecule has 0 fully saturated rings. The van der Waals surface area contributed by atoms with Gasteiger partial charge in [-0.1, -0.05) is 23.7 Å². The van der Waals surface area contributed by atoms with Gasteiger partial charge in [-0.25, -0.2) is 4.79 Å². The van der Waals surface area contributed by atoms with Gasteiger partial charge < -0.3 is 14.8 Å². The van der Waals surface area contributed by atoms with Crippen LogP contribution in [0.1, 0.15) is 47.8 Å². The number of carboxylic acid groups (broad SMARTS) is 1. The predicted octanol–water partition coefficient (Wildman–Crippen LogP) is 4.04. The molecule has 1 unspecified atom stereocenters. The normalized spacial score (nSPS) is 13.9. The maximum Gasteiger partial charge on any atom is 0.371 e. The minimum atomic E-state index is -1.06. The Morgan fingerprint density at radius 3 is 2.60 bits per heavy atom. The number of furan rings is 1. The third-order valence-electron chi connectivity index (χ3n) is 3.11. The van der Waals surface area contributed by atoms with E-state index in [-0.39, 0.29) is 17.8 Å². The van der Waals surface area contributed by atoms with Gasteiger partial charge in [0.15, 0.2) is 0 Å². The molecule has 0 amide bonds. The Morgan fingerprint density at radius 2 is 2.00 bits per heavy atom. The molecular weight excluding hydrogens is 278 g/mol. The summed E-state index contributed by atoms with van der Waals surface area (Å²) in [5.41, 5.74) is 1.06. The van der Waals surface area contributed by atoms with E-state index in [0.29, 0.717) is 10.8 Å². The summed E-state index contributed by atoms with van der Waals surface area (Å²) in [6.45, 7) is 3.94. The zero-order valence-electron chi connectivity index (χ0n) is 11.3. The van der Waals surface area contributed by atoms with Gasteiger partial charge in [0.2, 0.25) is 5.76 Å². The van der Waals surface area contributed by atoms with E-state index >= 15 is 0 Å². The van der Waals surface area contributed by atoms with E-state index in [9.17, 15) is 4.79 Å². The predicted molar refractivity (Wildman–Crippen MR) is 77.1 cm³/mol. The van der Waals surface area contributed by atoms with Crippen LogP contribution in [0.4, 0.5) is 0 Å². The molecule has 20 heavy (non-hydrogen) atoms. The van der Waals surface area contributed by atoms with Crippen molar-refractivity contribution >= 4 is 17.6 Å². The average Bonchev–Trinajstić information content (AvgIpc) is 2.88. The molecule has 2 rings (SSSR count). The molecule has 106 valence electrons. The lowest BCUT2D eigenvalue weighted by Crippen LogP contribution is -2.22. The van der Waals surface area contributed by atoms with Crippen LogP contribution in [0.3, 0.4) is 0 Å². The highest BCUT2D eigenvalue weighted by molar-refractivity contribution is 6.30. The second-order valence-corrected chi connectivity index (χ2v) is 5.11. The van der Waals surface area contributed by atoms with Crippen molar-refractivity contribution in [3.63, 3.8) is 0 Å². The standard InChI is InChI=1S/C15H16ClNO3/c1-9(11-4-3-5-12(16)8-11)17-10(2)13-6-7-14(20-13)15(18)19/h3-10,17H,1-2H3,(H,18,19)/t9-,10?/m0/s1. The molecule has 5 heteroatoms. The zero-order valence-corrected chi connectivity index (χ0v) is 12.0. The first-order valence-corrected chi connectivity index (χ1v) is 6.69. The lowest BCUT2D eigenvalue weighted by atomic mass is 10.1. The van der Waals surface area contributed by atoms with Crippen molar-refractivity contribution in [2.45, 2.75) is 25.9 Å². The number of carbonyl (C=O) groups is 1. The third kappa shape index (κ3) is 3.40. The van der Waals surface area contributed by atoms with Crippen LogP contribution in [-0.4, -0.2) is 11.1 Å². The van der Waals surface area contributed by atoms with Crippen molar-refractivity contribution in [3.8, 4) is 0 Å². The monoisotopic (exact) mass is 293 g/mol. The van der Waals surface area contributed by atoms with Crippen molar-refractivity contribution in [1.29, 1.82) is 0 Å². The topological polar surface area (TPSA) is 62.5 Å². The van der Waals surface area contributed by atoms with Crippen LogP contribution in [0.25, 0.3) is 0 Å². The first-order chi connectivity index (χ1) is 9.47. The maximum atomic E-state index is 10.8. The fraction of sp³-hybridized carbons (Fsp3) is 0.267. The van der Waals surface area contributed by atoms with Crippen LogP contribution in [0.2, 0.25) is 5.02 Å². The Labute approximate surface area is 122 Å². The van der Waals surface area contributed by atoms with E-state index in [1.54, 1.807) is 6.07 Å². The van der Waals surface area contributed by atoms with Crippen LogP contribution in [0, 0.1) is 0 Å². The molecule has 0 aliphatic heterocycles. The number of aromatic carboxylic acids is 1. The molecule has 0 aliphatic rings. The number of carboxylic acids is 1. The lowest BCUT2D eigenvalue weighted by molar-refractivity contribution is 0.0659. The van der Waals surface area contributed by atoms with Crippen molar-refractivity contribution in [3.05, 3.63) is 58.5 Å². The zero-order chi connectivity index (χ0) is 14.7. The molecule has 0 saturated carbocycles. The third-order valence-corrected chi connectivity index (χ3v) is 3.35. The average molecular weight is 294 g/mol. The number of hydrogen-bond donors (Lipinski definition) is 2. The van der Waals surface area contributed by atoms with Gasteiger partial charge in [0.1, 0.15) is 5.76 Å².